The van der Waals surface area contributed by atoms with Gasteiger partial charge in [0.25, 0.3) is 0 Å². The van der Waals surface area contributed by atoms with Gasteiger partial charge in [0.1, 0.15) is 0 Å². The SMILES string of the molecule is CCCCCCCCC1(CCCCCCCC)c2cc(CCCCCCCCc3ccc4cc5ccccc5cc4c3)c(C)cc2-c2cc(C)c(CCCCCCCCc3ccc4cc5ccccc5cc4c3)cc21. The number of benzene rings is 8. The van der Waals surface area contributed by atoms with Gasteiger partial charge in [-0.25, -0.2) is 0 Å². The van der Waals surface area contributed by atoms with Crippen molar-refractivity contribution >= 4 is 43.1 Å². The molecule has 0 aromatic heterocycles. The first-order valence-electron chi connectivity index (χ1n) is 31.0. The quantitative estimate of drug-likeness (QED) is 0.0291. The molecule has 0 amide bonds. The van der Waals surface area contributed by atoms with Gasteiger partial charge < -0.3 is 0 Å². The Hall–Kier alpha value is -5.20. The van der Waals surface area contributed by atoms with Crippen LogP contribution < -0.4 is 0 Å². The van der Waals surface area contributed by atoms with Gasteiger partial charge in [0, 0.05) is 5.41 Å². The van der Waals surface area contributed by atoms with Crippen LogP contribution in [0.25, 0.3) is 54.2 Å². The van der Waals surface area contributed by atoms with E-state index in [9.17, 15) is 0 Å². The van der Waals surface area contributed by atoms with Crippen molar-refractivity contribution in [2.24, 2.45) is 0 Å². The highest BCUT2D eigenvalue weighted by Crippen LogP contribution is 2.56. The molecule has 0 saturated carbocycles. The summed E-state index contributed by atoms with van der Waals surface area (Å²) in [6, 6.07) is 52.1. The molecule has 1 aliphatic rings. The first-order valence-corrected chi connectivity index (χ1v) is 31.0. The van der Waals surface area contributed by atoms with Gasteiger partial charge in [-0.3, -0.25) is 0 Å². The molecule has 9 rings (SSSR count). The normalized spacial score (nSPS) is 12.9. The van der Waals surface area contributed by atoms with Crippen molar-refractivity contribution in [2.75, 3.05) is 0 Å². The first-order chi connectivity index (χ1) is 36.9. The van der Waals surface area contributed by atoms with Crippen LogP contribution in [0.4, 0.5) is 0 Å². The van der Waals surface area contributed by atoms with Crippen LogP contribution in [0.15, 0.2) is 133 Å². The van der Waals surface area contributed by atoms with Crippen molar-refractivity contribution in [1.82, 2.24) is 0 Å². The summed E-state index contributed by atoms with van der Waals surface area (Å²) >= 11 is 0. The molecule has 0 radical (unpaired) electrons. The lowest BCUT2D eigenvalue weighted by atomic mass is 9.69. The fourth-order valence-corrected chi connectivity index (χ4v) is 13.5. The van der Waals surface area contributed by atoms with Crippen molar-refractivity contribution in [1.29, 1.82) is 0 Å². The number of rotatable bonds is 32. The van der Waals surface area contributed by atoms with Crippen LogP contribution in [0.2, 0.25) is 0 Å². The molecule has 75 heavy (non-hydrogen) atoms. The third-order valence-corrected chi connectivity index (χ3v) is 18.0. The molecule has 0 heteroatoms. The third-order valence-electron chi connectivity index (χ3n) is 18.0. The summed E-state index contributed by atoms with van der Waals surface area (Å²) < 4.78 is 0. The summed E-state index contributed by atoms with van der Waals surface area (Å²) in [7, 11) is 0. The van der Waals surface area contributed by atoms with Gasteiger partial charge in [-0.2, -0.15) is 0 Å². The highest BCUT2D eigenvalue weighted by atomic mass is 14.5. The number of fused-ring (bicyclic) bond motifs is 7. The van der Waals surface area contributed by atoms with Crippen molar-refractivity contribution in [2.45, 2.75) is 226 Å². The predicted octanol–water partition coefficient (Wildman–Crippen LogP) is 22.9. The maximum atomic E-state index is 2.78. The van der Waals surface area contributed by atoms with E-state index in [2.05, 4.69) is 161 Å². The molecular weight excluding hydrogens is 901 g/mol. The van der Waals surface area contributed by atoms with Crippen molar-refractivity contribution in [3.63, 3.8) is 0 Å². The third kappa shape index (κ3) is 14.2. The number of unbranched alkanes of at least 4 members (excludes halogenated alkanes) is 20. The minimum Gasteiger partial charge on any atom is -0.0654 e. The van der Waals surface area contributed by atoms with Gasteiger partial charge in [-0.1, -0.05) is 251 Å². The first kappa shape index (κ1) is 54.6. The zero-order chi connectivity index (χ0) is 51.7. The van der Waals surface area contributed by atoms with E-state index in [1.807, 2.05) is 0 Å². The lowest BCUT2D eigenvalue weighted by molar-refractivity contribution is 0.397. The summed E-state index contributed by atoms with van der Waals surface area (Å²) in [5.74, 6) is 0. The standard InChI is InChI=1S/C75H94/c1-5-7-9-11-21-31-45-75(46-32-22-12-10-8-6-2)73-55-61(35-25-19-15-13-17-23-33-59-41-43-67-51-63-37-27-29-39-65(63)53-69(67)49-59)57(3)47-71(73)72-48-58(4)62(56-74(72)75)36-26-20-16-14-18-24-34-60-42-44-68-52-64-38-28-30-40-66(64)54-70(68)50-60/h27-30,37-44,47-56H,5-26,31-36,45-46H2,1-4H3. The summed E-state index contributed by atoms with van der Waals surface area (Å²) in [5, 5.41) is 10.8. The Labute approximate surface area is 455 Å². The van der Waals surface area contributed by atoms with E-state index in [1.165, 1.54) is 258 Å². The lowest BCUT2D eigenvalue weighted by Crippen LogP contribution is -2.26. The minimum absolute atomic E-state index is 0.142. The molecule has 0 aliphatic heterocycles. The molecule has 394 valence electrons. The average Bonchev–Trinajstić information content (AvgIpc) is 3.69. The minimum atomic E-state index is 0.142. The second-order valence-corrected chi connectivity index (χ2v) is 23.8. The van der Waals surface area contributed by atoms with Gasteiger partial charge in [0.2, 0.25) is 0 Å². The molecule has 0 N–H and O–H groups in total. The number of hydrogen-bond acceptors (Lipinski definition) is 0. The topological polar surface area (TPSA) is 0 Å². The van der Waals surface area contributed by atoms with Gasteiger partial charge in [-0.05, 0) is 201 Å². The molecule has 0 heterocycles. The van der Waals surface area contributed by atoms with Crippen molar-refractivity contribution in [3.05, 3.63) is 178 Å². The van der Waals surface area contributed by atoms with Crippen LogP contribution in [0.5, 0.6) is 0 Å². The Balaban J connectivity index is 0.811. The van der Waals surface area contributed by atoms with E-state index >= 15 is 0 Å². The summed E-state index contributed by atoms with van der Waals surface area (Å²) in [6.07, 6.45) is 39.8. The van der Waals surface area contributed by atoms with E-state index in [0.717, 1.165) is 0 Å². The second-order valence-electron chi connectivity index (χ2n) is 23.8. The maximum absolute atomic E-state index is 2.78. The molecule has 0 fully saturated rings. The maximum Gasteiger partial charge on any atom is 0.0215 e. The Morgan fingerprint density at radius 1 is 0.280 bits per heavy atom. The van der Waals surface area contributed by atoms with Gasteiger partial charge >= 0.3 is 0 Å². The Kier molecular flexibility index (Phi) is 20.2. The molecule has 8 aromatic carbocycles. The molecular formula is C75H94. The van der Waals surface area contributed by atoms with Crippen molar-refractivity contribution in [3.8, 4) is 11.1 Å². The van der Waals surface area contributed by atoms with Crippen LogP contribution in [0.3, 0.4) is 0 Å². The number of hydrogen-bond donors (Lipinski definition) is 0. The van der Waals surface area contributed by atoms with Gasteiger partial charge in [0.05, 0.1) is 0 Å². The molecule has 8 aromatic rings. The fourth-order valence-electron chi connectivity index (χ4n) is 13.5. The molecule has 0 nitrogen and oxygen atoms in total. The van der Waals surface area contributed by atoms with Gasteiger partial charge in [-0.15, -0.1) is 0 Å². The Morgan fingerprint density at radius 2 is 0.600 bits per heavy atom. The molecule has 0 atom stereocenters. The molecule has 1 aliphatic carbocycles. The van der Waals surface area contributed by atoms with E-state index in [1.54, 1.807) is 33.4 Å². The van der Waals surface area contributed by atoms with E-state index in [0.29, 0.717) is 0 Å². The van der Waals surface area contributed by atoms with Crippen LogP contribution in [-0.2, 0) is 31.1 Å². The van der Waals surface area contributed by atoms with E-state index in [-0.39, 0.29) is 5.41 Å². The lowest BCUT2D eigenvalue weighted by Gasteiger charge is -2.34. The molecule has 0 saturated heterocycles. The van der Waals surface area contributed by atoms with Gasteiger partial charge in [0.15, 0.2) is 0 Å². The highest BCUT2D eigenvalue weighted by molar-refractivity contribution is 5.99. The summed E-state index contributed by atoms with van der Waals surface area (Å²) in [6.45, 7) is 9.56. The van der Waals surface area contributed by atoms with Crippen LogP contribution in [-0.4, -0.2) is 0 Å². The Morgan fingerprint density at radius 3 is 0.987 bits per heavy atom. The predicted molar refractivity (Wildman–Crippen MR) is 331 cm³/mol. The summed E-state index contributed by atoms with van der Waals surface area (Å²) in [5.41, 5.74) is 16.0. The largest absolute Gasteiger partial charge is 0.0654 e. The number of aryl methyl sites for hydroxylation is 6. The fraction of sp³-hybridized carbons (Fsp3) is 0.467. The highest BCUT2D eigenvalue weighted by Gasteiger charge is 2.43. The summed E-state index contributed by atoms with van der Waals surface area (Å²) in [4.78, 5) is 0. The monoisotopic (exact) mass is 995 g/mol. The Bertz CT molecular complexity index is 2860. The molecule has 0 spiro atoms. The van der Waals surface area contributed by atoms with E-state index in [4.69, 9.17) is 0 Å². The molecule has 0 bridgehead atoms. The van der Waals surface area contributed by atoms with E-state index < -0.39 is 0 Å². The van der Waals surface area contributed by atoms with Crippen LogP contribution >= 0.6 is 0 Å². The zero-order valence-electron chi connectivity index (χ0n) is 47.4. The second kappa shape index (κ2) is 27.7. The van der Waals surface area contributed by atoms with Crippen LogP contribution in [0, 0.1) is 13.8 Å². The van der Waals surface area contributed by atoms with Crippen molar-refractivity contribution < 1.29 is 0 Å². The van der Waals surface area contributed by atoms with Crippen LogP contribution in [0.1, 0.15) is 225 Å². The smallest absolute Gasteiger partial charge is 0.0215 e. The average molecular weight is 996 g/mol. The zero-order valence-corrected chi connectivity index (χ0v) is 47.4. The molecule has 0 unspecified atom stereocenters.